The highest BCUT2D eigenvalue weighted by molar-refractivity contribution is 7.92. The minimum atomic E-state index is -3.92. The Hall–Kier alpha value is -4.12. The minimum Gasteiger partial charge on any atom is -0.324 e. The van der Waals surface area contributed by atoms with Crippen molar-refractivity contribution < 1.29 is 22.8 Å². The summed E-state index contributed by atoms with van der Waals surface area (Å²) in [6, 6.07) is 12.3. The van der Waals surface area contributed by atoms with Crippen molar-refractivity contribution >= 4 is 39.3 Å². The first-order valence-corrected chi connectivity index (χ1v) is 11.8. The molecule has 10 nitrogen and oxygen atoms in total. The Morgan fingerprint density at radius 2 is 1.53 bits per heavy atom. The number of aryl methyl sites for hydroxylation is 2. The van der Waals surface area contributed by atoms with Gasteiger partial charge in [0.2, 0.25) is 5.91 Å². The molecule has 3 amide bonds. The number of hydrogen-bond acceptors (Lipinski definition) is 7. The molecule has 0 aliphatic carbocycles. The largest absolute Gasteiger partial charge is 0.324 e. The Balaban J connectivity index is 1.46. The van der Waals surface area contributed by atoms with Gasteiger partial charge in [0.05, 0.1) is 16.0 Å². The summed E-state index contributed by atoms with van der Waals surface area (Å²) >= 11 is 0. The van der Waals surface area contributed by atoms with E-state index in [4.69, 9.17) is 0 Å². The molecule has 0 saturated carbocycles. The van der Waals surface area contributed by atoms with Gasteiger partial charge in [0.25, 0.3) is 21.8 Å². The lowest BCUT2D eigenvalue weighted by atomic mass is 10.1. The van der Waals surface area contributed by atoms with Gasteiger partial charge in [0.15, 0.2) is 0 Å². The number of nitrogens with zero attached hydrogens (tertiary/aromatic N) is 3. The lowest BCUT2D eigenvalue weighted by Gasteiger charge is -2.21. The van der Waals surface area contributed by atoms with Gasteiger partial charge >= 0.3 is 0 Å². The van der Waals surface area contributed by atoms with E-state index in [1.807, 2.05) is 0 Å². The summed E-state index contributed by atoms with van der Waals surface area (Å²) < 4.78 is 27.8. The molecule has 0 radical (unpaired) electrons. The molecule has 0 bridgehead atoms. The van der Waals surface area contributed by atoms with E-state index < -0.39 is 33.8 Å². The fourth-order valence-corrected chi connectivity index (χ4v) is 4.60. The molecule has 34 heavy (non-hydrogen) atoms. The van der Waals surface area contributed by atoms with Gasteiger partial charge < -0.3 is 5.32 Å². The van der Waals surface area contributed by atoms with Crippen molar-refractivity contribution in [2.45, 2.75) is 31.7 Å². The molecule has 0 unspecified atom stereocenters. The fourth-order valence-electron chi connectivity index (χ4n) is 3.61. The van der Waals surface area contributed by atoms with Crippen LogP contribution < -0.4 is 10.0 Å². The molecule has 0 spiro atoms. The Morgan fingerprint density at radius 1 is 0.941 bits per heavy atom. The number of carbonyl (C=O) groups excluding carboxylic acids is 3. The minimum absolute atomic E-state index is 0.0344. The van der Waals surface area contributed by atoms with Gasteiger partial charge in [-0.25, -0.2) is 18.4 Å². The number of anilines is 2. The van der Waals surface area contributed by atoms with Crippen LogP contribution >= 0.6 is 0 Å². The van der Waals surface area contributed by atoms with Gasteiger partial charge in [-0.3, -0.25) is 24.0 Å². The van der Waals surface area contributed by atoms with Gasteiger partial charge in [-0.1, -0.05) is 12.1 Å². The molecule has 1 aliphatic heterocycles. The quantitative estimate of drug-likeness (QED) is 0.518. The van der Waals surface area contributed by atoms with Gasteiger partial charge in [0.1, 0.15) is 17.7 Å². The Labute approximate surface area is 196 Å². The van der Waals surface area contributed by atoms with Gasteiger partial charge in [-0.15, -0.1) is 0 Å². The van der Waals surface area contributed by atoms with Gasteiger partial charge in [-0.2, -0.15) is 0 Å². The van der Waals surface area contributed by atoms with Crippen LogP contribution in [-0.2, 0) is 14.8 Å². The van der Waals surface area contributed by atoms with Crippen molar-refractivity contribution in [2.75, 3.05) is 10.0 Å². The standard InChI is InChI=1S/C23H21N5O5S/c1-13-12-20(25-15(3)24-13)27-34(32,33)17-10-8-16(9-11-17)26-21(29)14(2)28-22(30)18-6-4-5-7-19(18)23(28)31/h4-12,14H,1-3H3,(H,26,29)(H,24,25,27)/t14-/m0/s1. The smallest absolute Gasteiger partial charge is 0.263 e. The SMILES string of the molecule is Cc1cc(NS(=O)(=O)c2ccc(NC(=O)[C@H](C)N3C(=O)c4ccccc4C3=O)cc2)nc(C)n1. The van der Waals surface area contributed by atoms with Crippen LogP contribution in [0.25, 0.3) is 0 Å². The summed E-state index contributed by atoms with van der Waals surface area (Å²) in [5.41, 5.74) is 1.43. The Morgan fingerprint density at radius 3 is 2.09 bits per heavy atom. The third-order valence-electron chi connectivity index (χ3n) is 5.23. The number of benzene rings is 2. The van der Waals surface area contributed by atoms with Crippen molar-refractivity contribution in [1.29, 1.82) is 0 Å². The number of aromatic nitrogens is 2. The van der Waals surface area contributed by atoms with Crippen LogP contribution in [0.5, 0.6) is 0 Å². The Bertz CT molecular complexity index is 1360. The number of hydrogen-bond donors (Lipinski definition) is 2. The van der Waals surface area contributed by atoms with Crippen molar-refractivity contribution in [3.05, 3.63) is 77.2 Å². The molecule has 3 aromatic rings. The number of carbonyl (C=O) groups is 3. The molecule has 1 aromatic heterocycles. The van der Waals surface area contributed by atoms with Gasteiger partial charge in [-0.05, 0) is 57.2 Å². The van der Waals surface area contributed by atoms with Crippen molar-refractivity contribution in [1.82, 2.24) is 14.9 Å². The number of amides is 3. The molecular weight excluding hydrogens is 458 g/mol. The lowest BCUT2D eigenvalue weighted by molar-refractivity contribution is -0.119. The molecule has 1 atom stereocenters. The third kappa shape index (κ3) is 4.37. The number of imide groups is 1. The molecule has 2 aromatic carbocycles. The summed E-state index contributed by atoms with van der Waals surface area (Å²) in [4.78, 5) is 47.0. The number of sulfonamides is 1. The maximum absolute atomic E-state index is 12.7. The number of fused-ring (bicyclic) bond motifs is 1. The second kappa shape index (κ2) is 8.67. The van der Waals surface area contributed by atoms with E-state index >= 15 is 0 Å². The highest BCUT2D eigenvalue weighted by Crippen LogP contribution is 2.25. The molecule has 11 heteroatoms. The molecule has 1 aliphatic rings. The van der Waals surface area contributed by atoms with Crippen molar-refractivity contribution in [3.8, 4) is 0 Å². The van der Waals surface area contributed by atoms with Crippen LogP contribution in [0, 0.1) is 13.8 Å². The number of nitrogens with one attached hydrogen (secondary N) is 2. The average molecular weight is 480 g/mol. The van der Waals surface area contributed by atoms with E-state index in [1.165, 1.54) is 49.4 Å². The number of rotatable bonds is 6. The van der Waals surface area contributed by atoms with E-state index in [0.717, 1.165) is 4.90 Å². The zero-order chi connectivity index (χ0) is 24.6. The predicted molar refractivity (Wildman–Crippen MR) is 124 cm³/mol. The molecule has 0 saturated heterocycles. The third-order valence-corrected chi connectivity index (χ3v) is 6.60. The highest BCUT2D eigenvalue weighted by Gasteiger charge is 2.40. The average Bonchev–Trinajstić information content (AvgIpc) is 3.03. The van der Waals surface area contributed by atoms with E-state index in [-0.39, 0.29) is 21.8 Å². The maximum atomic E-state index is 12.7. The predicted octanol–water partition coefficient (Wildman–Crippen LogP) is 2.52. The summed E-state index contributed by atoms with van der Waals surface area (Å²) in [5, 5.41) is 2.61. The summed E-state index contributed by atoms with van der Waals surface area (Å²) in [5.74, 6) is -1.08. The van der Waals surface area contributed by atoms with Crippen LogP contribution in [0.1, 0.15) is 39.2 Å². The molecule has 0 fully saturated rings. The fraction of sp³-hybridized carbons (Fsp3) is 0.174. The molecular formula is C23H21N5O5S. The molecule has 174 valence electrons. The zero-order valence-corrected chi connectivity index (χ0v) is 19.4. The monoisotopic (exact) mass is 479 g/mol. The van der Waals surface area contributed by atoms with Crippen LogP contribution in [-0.4, -0.2) is 47.0 Å². The first kappa shape index (κ1) is 23.1. The van der Waals surface area contributed by atoms with E-state index in [0.29, 0.717) is 17.2 Å². The Kier molecular flexibility index (Phi) is 5.88. The van der Waals surface area contributed by atoms with E-state index in [9.17, 15) is 22.8 Å². The maximum Gasteiger partial charge on any atom is 0.263 e. The first-order valence-electron chi connectivity index (χ1n) is 10.3. The van der Waals surface area contributed by atoms with Crippen LogP contribution in [0.2, 0.25) is 0 Å². The van der Waals surface area contributed by atoms with Crippen LogP contribution in [0.15, 0.2) is 59.5 Å². The normalized spacial score (nSPS) is 14.0. The highest BCUT2D eigenvalue weighted by atomic mass is 32.2. The summed E-state index contributed by atoms with van der Waals surface area (Å²) in [7, 11) is -3.92. The second-order valence-corrected chi connectivity index (χ2v) is 9.45. The van der Waals surface area contributed by atoms with Gasteiger partial charge in [0, 0.05) is 17.4 Å². The van der Waals surface area contributed by atoms with E-state index in [2.05, 4.69) is 20.0 Å². The molecule has 4 rings (SSSR count). The van der Waals surface area contributed by atoms with Crippen LogP contribution in [0.4, 0.5) is 11.5 Å². The topological polar surface area (TPSA) is 138 Å². The summed E-state index contributed by atoms with van der Waals surface area (Å²) in [6.07, 6.45) is 0. The van der Waals surface area contributed by atoms with Crippen LogP contribution in [0.3, 0.4) is 0 Å². The second-order valence-electron chi connectivity index (χ2n) is 7.76. The molecule has 2 heterocycles. The first-order chi connectivity index (χ1) is 16.1. The van der Waals surface area contributed by atoms with Crippen molar-refractivity contribution in [2.24, 2.45) is 0 Å². The lowest BCUT2D eigenvalue weighted by Crippen LogP contribution is -2.45. The summed E-state index contributed by atoms with van der Waals surface area (Å²) in [6.45, 7) is 4.84. The van der Waals surface area contributed by atoms with Crippen molar-refractivity contribution in [3.63, 3.8) is 0 Å². The molecule has 2 N–H and O–H groups in total. The zero-order valence-electron chi connectivity index (χ0n) is 18.6. The van der Waals surface area contributed by atoms with E-state index in [1.54, 1.807) is 26.0 Å².